The summed E-state index contributed by atoms with van der Waals surface area (Å²) in [5.41, 5.74) is -0.934. The summed E-state index contributed by atoms with van der Waals surface area (Å²) >= 11 is 0. The molecule has 1 aromatic carbocycles. The molecule has 1 amide bonds. The number of aryl methyl sites for hydroxylation is 1. The Morgan fingerprint density at radius 1 is 1.14 bits per heavy atom. The number of amides is 1. The SMILES string of the molecule is C=CC(=O)N1CCN(c2nc(=O)n(-c3c(N(C)S(C)(=O)=O)ccnc3C)c3nc(-c4ccccc4F)c(F)cc23)[C@@H](C)C1. The van der Waals surface area contributed by atoms with Crippen molar-refractivity contribution in [2.75, 3.05) is 42.1 Å². The molecule has 4 heterocycles. The summed E-state index contributed by atoms with van der Waals surface area (Å²) in [6.45, 7) is 7.83. The van der Waals surface area contributed by atoms with E-state index in [4.69, 9.17) is 0 Å². The maximum absolute atomic E-state index is 15.8. The molecule has 4 aromatic rings. The minimum Gasteiger partial charge on any atom is -0.350 e. The quantitative estimate of drug-likeness (QED) is 0.306. The van der Waals surface area contributed by atoms with Crippen LogP contribution in [0.2, 0.25) is 0 Å². The second-order valence-corrected chi connectivity index (χ2v) is 12.3. The Hall–Kier alpha value is -4.72. The summed E-state index contributed by atoms with van der Waals surface area (Å²) in [7, 11) is -2.46. The van der Waals surface area contributed by atoms with E-state index in [1.807, 2.05) is 6.92 Å². The third-order valence-corrected chi connectivity index (χ3v) is 8.65. The predicted octanol–water partition coefficient (Wildman–Crippen LogP) is 3.05. The van der Waals surface area contributed by atoms with Gasteiger partial charge in [-0.2, -0.15) is 4.98 Å². The molecule has 14 heteroatoms. The first-order valence-electron chi connectivity index (χ1n) is 13.3. The van der Waals surface area contributed by atoms with Gasteiger partial charge < -0.3 is 9.80 Å². The average molecular weight is 610 g/mol. The molecular weight excluding hydrogens is 580 g/mol. The maximum atomic E-state index is 15.8. The molecule has 0 bridgehead atoms. The van der Waals surface area contributed by atoms with E-state index < -0.39 is 27.3 Å². The van der Waals surface area contributed by atoms with Gasteiger partial charge in [-0.3, -0.25) is 14.1 Å². The van der Waals surface area contributed by atoms with Crippen LogP contribution >= 0.6 is 0 Å². The maximum Gasteiger partial charge on any atom is 0.355 e. The number of fused-ring (bicyclic) bond motifs is 1. The molecule has 0 saturated carbocycles. The minimum atomic E-state index is -3.79. The molecule has 1 atom stereocenters. The van der Waals surface area contributed by atoms with Gasteiger partial charge in [-0.1, -0.05) is 18.7 Å². The number of aromatic nitrogens is 4. The highest BCUT2D eigenvalue weighted by Crippen LogP contribution is 2.34. The Balaban J connectivity index is 1.84. The van der Waals surface area contributed by atoms with Gasteiger partial charge in [0.1, 0.15) is 23.1 Å². The van der Waals surface area contributed by atoms with Crippen LogP contribution in [0, 0.1) is 18.6 Å². The summed E-state index contributed by atoms with van der Waals surface area (Å²) in [6.07, 6.45) is 3.63. The molecule has 1 fully saturated rings. The summed E-state index contributed by atoms with van der Waals surface area (Å²) < 4.78 is 57.8. The van der Waals surface area contributed by atoms with Crippen molar-refractivity contribution in [3.8, 4) is 16.9 Å². The number of benzene rings is 1. The zero-order chi connectivity index (χ0) is 31.2. The molecule has 0 unspecified atom stereocenters. The summed E-state index contributed by atoms with van der Waals surface area (Å²) in [6, 6.07) is 7.77. The molecule has 1 aliphatic rings. The number of pyridine rings is 2. The van der Waals surface area contributed by atoms with E-state index in [2.05, 4.69) is 21.5 Å². The van der Waals surface area contributed by atoms with Crippen molar-refractivity contribution in [3.05, 3.63) is 83.1 Å². The highest BCUT2D eigenvalue weighted by Gasteiger charge is 2.31. The lowest BCUT2D eigenvalue weighted by Crippen LogP contribution is -2.54. The lowest BCUT2D eigenvalue weighted by molar-refractivity contribution is -0.126. The molecule has 0 spiro atoms. The first-order chi connectivity index (χ1) is 20.3. The van der Waals surface area contributed by atoms with E-state index in [1.54, 1.807) is 16.7 Å². The lowest BCUT2D eigenvalue weighted by atomic mass is 10.1. The molecule has 0 N–H and O–H groups in total. The molecule has 1 saturated heterocycles. The summed E-state index contributed by atoms with van der Waals surface area (Å²) in [5.74, 6) is -1.68. The van der Waals surface area contributed by atoms with E-state index in [0.717, 1.165) is 21.2 Å². The molecule has 3 aromatic heterocycles. The molecule has 11 nitrogen and oxygen atoms in total. The standard InChI is InChI=1S/C29H29F2N7O4S/c1-6-24(39)36-13-14-37(17(2)16-36)27-20-15-22(31)25(19-9-7-8-10-21(19)30)33-28(20)38(29(40)34-27)26-18(3)32-12-11-23(26)35(4)43(5,41)42/h6-12,15,17H,1,13-14,16H2,2-5H3/t17-/m0/s1. The van der Waals surface area contributed by atoms with Crippen molar-refractivity contribution in [1.82, 2.24) is 24.4 Å². The van der Waals surface area contributed by atoms with Gasteiger partial charge in [-0.25, -0.2) is 31.5 Å². The Kier molecular flexibility index (Phi) is 7.73. The van der Waals surface area contributed by atoms with E-state index in [0.29, 0.717) is 13.1 Å². The number of carbonyl (C=O) groups is 1. The fourth-order valence-electron chi connectivity index (χ4n) is 5.22. The van der Waals surface area contributed by atoms with Gasteiger partial charge in [0, 0.05) is 44.5 Å². The van der Waals surface area contributed by atoms with Gasteiger partial charge >= 0.3 is 5.69 Å². The Labute approximate surface area is 246 Å². The van der Waals surface area contributed by atoms with Crippen LogP contribution < -0.4 is 14.9 Å². The van der Waals surface area contributed by atoms with Crippen molar-refractivity contribution in [2.24, 2.45) is 0 Å². The van der Waals surface area contributed by atoms with Crippen LogP contribution in [0.1, 0.15) is 12.6 Å². The highest BCUT2D eigenvalue weighted by atomic mass is 32.2. The van der Waals surface area contributed by atoms with Crippen molar-refractivity contribution in [2.45, 2.75) is 19.9 Å². The molecular formula is C29H29F2N7O4S. The van der Waals surface area contributed by atoms with E-state index >= 15 is 4.39 Å². The second-order valence-electron chi connectivity index (χ2n) is 10.2. The molecule has 5 rings (SSSR count). The van der Waals surface area contributed by atoms with Crippen LogP contribution in [0.25, 0.3) is 28.0 Å². The topological polar surface area (TPSA) is 122 Å². The van der Waals surface area contributed by atoms with Crippen molar-refractivity contribution < 1.29 is 22.0 Å². The number of nitrogens with zero attached hydrogens (tertiary/aromatic N) is 7. The summed E-state index contributed by atoms with van der Waals surface area (Å²) in [4.78, 5) is 42.7. The van der Waals surface area contributed by atoms with Gasteiger partial charge in [-0.05, 0) is 44.2 Å². The zero-order valence-electron chi connectivity index (χ0n) is 24.0. The number of hydrogen-bond acceptors (Lipinski definition) is 8. The first-order valence-corrected chi connectivity index (χ1v) is 15.1. The van der Waals surface area contributed by atoms with E-state index in [1.165, 1.54) is 49.7 Å². The number of halogens is 2. The molecule has 0 aliphatic carbocycles. The van der Waals surface area contributed by atoms with Gasteiger partial charge in [0.2, 0.25) is 15.9 Å². The number of hydrogen-bond donors (Lipinski definition) is 0. The van der Waals surface area contributed by atoms with Gasteiger partial charge in [0.05, 0.1) is 28.7 Å². The largest absolute Gasteiger partial charge is 0.355 e. The van der Waals surface area contributed by atoms with Crippen LogP contribution in [0.5, 0.6) is 0 Å². The van der Waals surface area contributed by atoms with Crippen molar-refractivity contribution in [3.63, 3.8) is 0 Å². The third kappa shape index (κ3) is 5.33. The van der Waals surface area contributed by atoms with Gasteiger partial charge in [0.25, 0.3) is 0 Å². The van der Waals surface area contributed by atoms with Crippen LogP contribution in [0.4, 0.5) is 20.3 Å². The van der Waals surface area contributed by atoms with Gasteiger partial charge in [0.15, 0.2) is 5.65 Å². The third-order valence-electron chi connectivity index (χ3n) is 7.46. The molecule has 43 heavy (non-hydrogen) atoms. The zero-order valence-corrected chi connectivity index (χ0v) is 24.8. The normalized spacial score (nSPS) is 15.5. The smallest absolute Gasteiger partial charge is 0.350 e. The summed E-state index contributed by atoms with van der Waals surface area (Å²) in [5, 5.41) is 0.128. The average Bonchev–Trinajstić information content (AvgIpc) is 2.96. The van der Waals surface area contributed by atoms with E-state index in [-0.39, 0.29) is 63.7 Å². The number of sulfonamides is 1. The van der Waals surface area contributed by atoms with Gasteiger partial charge in [-0.15, -0.1) is 0 Å². The fraction of sp³-hybridized carbons (Fsp3) is 0.276. The lowest BCUT2D eigenvalue weighted by Gasteiger charge is -2.40. The van der Waals surface area contributed by atoms with Crippen LogP contribution in [0.3, 0.4) is 0 Å². The highest BCUT2D eigenvalue weighted by molar-refractivity contribution is 7.92. The molecule has 1 aliphatic heterocycles. The van der Waals surface area contributed by atoms with E-state index in [9.17, 15) is 22.4 Å². The van der Waals surface area contributed by atoms with Crippen LogP contribution in [-0.4, -0.2) is 77.7 Å². The van der Waals surface area contributed by atoms with Crippen LogP contribution in [0.15, 0.2) is 60.0 Å². The fourth-order valence-corrected chi connectivity index (χ4v) is 5.73. The van der Waals surface area contributed by atoms with Crippen molar-refractivity contribution >= 4 is 38.5 Å². The second kappa shape index (κ2) is 11.2. The minimum absolute atomic E-state index is 0.0671. The van der Waals surface area contributed by atoms with Crippen LogP contribution in [-0.2, 0) is 14.8 Å². The predicted molar refractivity (Wildman–Crippen MR) is 160 cm³/mol. The Bertz CT molecular complexity index is 1950. The Morgan fingerprint density at radius 3 is 2.51 bits per heavy atom. The first kappa shape index (κ1) is 29.8. The van der Waals surface area contributed by atoms with Crippen molar-refractivity contribution in [1.29, 1.82) is 0 Å². The molecule has 224 valence electrons. The molecule has 0 radical (unpaired) electrons. The number of anilines is 2. The Morgan fingerprint density at radius 2 is 1.86 bits per heavy atom. The number of rotatable bonds is 6. The number of carbonyl (C=O) groups excluding carboxylic acids is 1. The number of piperazine rings is 1. The monoisotopic (exact) mass is 609 g/mol.